The van der Waals surface area contributed by atoms with Crippen LogP contribution in [0.25, 0.3) is 0 Å². The molecule has 0 radical (unpaired) electrons. The minimum atomic E-state index is -0.547. The Morgan fingerprint density at radius 2 is 1.90 bits per heavy atom. The summed E-state index contributed by atoms with van der Waals surface area (Å²) in [4.78, 5) is 0. The molecule has 1 aliphatic heterocycles. The van der Waals surface area contributed by atoms with Crippen LogP contribution in [0.4, 0.5) is 0 Å². The van der Waals surface area contributed by atoms with Crippen LogP contribution in [0, 0.1) is 0 Å². The fourth-order valence-corrected chi connectivity index (χ4v) is 3.37. The SMILES string of the molecule is C[P+](C)(C)C1CCCC[NH2+]1. The van der Waals surface area contributed by atoms with E-state index in [1.54, 1.807) is 0 Å². The molecule has 1 rings (SSSR count). The number of hydrogen-bond acceptors (Lipinski definition) is 0. The number of rotatable bonds is 1. The molecule has 1 atom stereocenters. The van der Waals surface area contributed by atoms with Gasteiger partial charge in [0, 0.05) is 6.42 Å². The Morgan fingerprint density at radius 3 is 2.20 bits per heavy atom. The van der Waals surface area contributed by atoms with Crippen molar-refractivity contribution in [1.29, 1.82) is 0 Å². The van der Waals surface area contributed by atoms with Gasteiger partial charge in [-0.25, -0.2) is 0 Å². The lowest BCUT2D eigenvalue weighted by molar-refractivity contribution is -0.677. The molecule has 0 amide bonds. The van der Waals surface area contributed by atoms with Gasteiger partial charge in [-0.05, 0) is 12.8 Å². The van der Waals surface area contributed by atoms with E-state index in [2.05, 4.69) is 25.3 Å². The minimum absolute atomic E-state index is 0.547. The summed E-state index contributed by atoms with van der Waals surface area (Å²) in [5.74, 6) is 0.987. The fraction of sp³-hybridized carbons (Fsp3) is 1.00. The van der Waals surface area contributed by atoms with Gasteiger partial charge in [0.15, 0.2) is 5.78 Å². The van der Waals surface area contributed by atoms with Crippen LogP contribution in [0.2, 0.25) is 0 Å². The molecule has 2 N–H and O–H groups in total. The molecular formula is C8H20NP+2. The topological polar surface area (TPSA) is 16.6 Å². The molecule has 0 spiro atoms. The Hall–Kier alpha value is 0.390. The highest BCUT2D eigenvalue weighted by Gasteiger charge is 2.35. The Bertz CT molecular complexity index is 100. The summed E-state index contributed by atoms with van der Waals surface area (Å²) in [5.41, 5.74) is 0. The Kier molecular flexibility index (Phi) is 2.71. The van der Waals surface area contributed by atoms with Crippen molar-refractivity contribution in [2.75, 3.05) is 26.5 Å². The van der Waals surface area contributed by atoms with E-state index >= 15 is 0 Å². The van der Waals surface area contributed by atoms with Crippen molar-refractivity contribution in [3.63, 3.8) is 0 Å². The molecule has 1 fully saturated rings. The summed E-state index contributed by atoms with van der Waals surface area (Å²) in [6, 6.07) is 0. The Labute approximate surface area is 64.9 Å². The normalized spacial score (nSPS) is 28.5. The lowest BCUT2D eigenvalue weighted by atomic mass is 10.2. The molecule has 1 unspecified atom stereocenters. The van der Waals surface area contributed by atoms with E-state index in [4.69, 9.17) is 0 Å². The molecule has 0 aromatic heterocycles. The van der Waals surface area contributed by atoms with Gasteiger partial charge in [0.1, 0.15) is 0 Å². The first kappa shape index (κ1) is 8.49. The molecule has 1 saturated heterocycles. The van der Waals surface area contributed by atoms with Gasteiger partial charge in [-0.1, -0.05) is 0 Å². The summed E-state index contributed by atoms with van der Waals surface area (Å²) < 4.78 is 0. The lowest BCUT2D eigenvalue weighted by Crippen LogP contribution is -2.91. The molecule has 0 aromatic rings. The van der Waals surface area contributed by atoms with Crippen molar-refractivity contribution in [3.05, 3.63) is 0 Å². The number of quaternary nitrogens is 1. The van der Waals surface area contributed by atoms with Crippen molar-refractivity contribution >= 4 is 7.26 Å². The maximum absolute atomic E-state index is 2.57. The lowest BCUT2D eigenvalue weighted by Gasteiger charge is -2.25. The first-order valence-electron chi connectivity index (χ1n) is 4.25. The molecule has 60 valence electrons. The predicted molar refractivity (Wildman–Crippen MR) is 49.1 cm³/mol. The highest BCUT2D eigenvalue weighted by molar-refractivity contribution is 7.74. The summed E-state index contributed by atoms with van der Waals surface area (Å²) in [6.07, 6.45) is 4.38. The van der Waals surface area contributed by atoms with Crippen molar-refractivity contribution in [2.24, 2.45) is 0 Å². The second-order valence-corrected chi connectivity index (χ2v) is 9.10. The van der Waals surface area contributed by atoms with Gasteiger partial charge in [-0.15, -0.1) is 0 Å². The first-order chi connectivity index (χ1) is 4.61. The van der Waals surface area contributed by atoms with Crippen LogP contribution in [0.5, 0.6) is 0 Å². The summed E-state index contributed by atoms with van der Waals surface area (Å²) in [7, 11) is -0.547. The molecule has 2 heteroatoms. The fourth-order valence-electron chi connectivity index (χ4n) is 1.63. The van der Waals surface area contributed by atoms with Crippen LogP contribution in [-0.4, -0.2) is 32.3 Å². The zero-order chi connectivity index (χ0) is 7.61. The quantitative estimate of drug-likeness (QED) is 0.552. The van der Waals surface area contributed by atoms with E-state index in [0.717, 1.165) is 5.78 Å². The van der Waals surface area contributed by atoms with Crippen molar-refractivity contribution in [3.8, 4) is 0 Å². The summed E-state index contributed by atoms with van der Waals surface area (Å²) in [6.45, 7) is 8.75. The average Bonchev–Trinajstić information content (AvgIpc) is 1.88. The highest BCUT2D eigenvalue weighted by atomic mass is 31.2. The van der Waals surface area contributed by atoms with Crippen LogP contribution in [0.3, 0.4) is 0 Å². The minimum Gasteiger partial charge on any atom is -0.313 e. The van der Waals surface area contributed by atoms with E-state index in [-0.39, 0.29) is 0 Å². The number of hydrogen-bond donors (Lipinski definition) is 1. The van der Waals surface area contributed by atoms with E-state index < -0.39 is 7.26 Å². The van der Waals surface area contributed by atoms with E-state index in [9.17, 15) is 0 Å². The first-order valence-corrected chi connectivity index (χ1v) is 7.45. The number of piperidine rings is 1. The van der Waals surface area contributed by atoms with Crippen molar-refractivity contribution in [2.45, 2.75) is 25.0 Å². The molecule has 0 saturated carbocycles. The third-order valence-electron chi connectivity index (χ3n) is 2.39. The van der Waals surface area contributed by atoms with E-state index in [0.29, 0.717) is 0 Å². The zero-order valence-electron chi connectivity index (χ0n) is 7.43. The third-order valence-corrected chi connectivity index (χ3v) is 4.85. The van der Waals surface area contributed by atoms with Gasteiger partial charge in [0.2, 0.25) is 0 Å². The van der Waals surface area contributed by atoms with Gasteiger partial charge in [-0.3, -0.25) is 0 Å². The molecule has 1 aliphatic rings. The summed E-state index contributed by atoms with van der Waals surface area (Å²) >= 11 is 0. The zero-order valence-corrected chi connectivity index (χ0v) is 8.32. The average molecular weight is 161 g/mol. The van der Waals surface area contributed by atoms with Crippen LogP contribution in [-0.2, 0) is 0 Å². The second kappa shape index (κ2) is 3.19. The number of nitrogens with two attached hydrogens (primary N) is 1. The van der Waals surface area contributed by atoms with Crippen molar-refractivity contribution < 1.29 is 5.32 Å². The smallest absolute Gasteiger partial charge is 0.186 e. The third kappa shape index (κ3) is 2.21. The largest absolute Gasteiger partial charge is 0.313 e. The maximum Gasteiger partial charge on any atom is 0.186 e. The van der Waals surface area contributed by atoms with Gasteiger partial charge in [0.25, 0.3) is 0 Å². The van der Waals surface area contributed by atoms with Gasteiger partial charge in [-0.2, -0.15) is 0 Å². The molecule has 1 heterocycles. The Morgan fingerprint density at radius 1 is 1.20 bits per heavy atom. The molecule has 0 bridgehead atoms. The van der Waals surface area contributed by atoms with Crippen LogP contribution in [0.1, 0.15) is 19.3 Å². The summed E-state index contributed by atoms with van der Waals surface area (Å²) in [5, 5.41) is 2.57. The molecule has 0 aromatic carbocycles. The van der Waals surface area contributed by atoms with E-state index in [1.807, 2.05) is 0 Å². The van der Waals surface area contributed by atoms with E-state index in [1.165, 1.54) is 25.8 Å². The van der Waals surface area contributed by atoms with Gasteiger partial charge in [0.05, 0.1) is 33.8 Å². The monoisotopic (exact) mass is 161 g/mol. The molecular weight excluding hydrogens is 141 g/mol. The second-order valence-electron chi connectivity index (χ2n) is 4.20. The molecule has 0 aliphatic carbocycles. The molecule has 10 heavy (non-hydrogen) atoms. The molecule has 1 nitrogen and oxygen atoms in total. The van der Waals surface area contributed by atoms with Crippen LogP contribution in [0.15, 0.2) is 0 Å². The van der Waals surface area contributed by atoms with Gasteiger partial charge < -0.3 is 5.32 Å². The van der Waals surface area contributed by atoms with Crippen molar-refractivity contribution in [1.82, 2.24) is 0 Å². The predicted octanol–water partition coefficient (Wildman–Crippen LogP) is 0.967. The van der Waals surface area contributed by atoms with Crippen LogP contribution < -0.4 is 5.32 Å². The highest BCUT2D eigenvalue weighted by Crippen LogP contribution is 2.51. The van der Waals surface area contributed by atoms with Crippen LogP contribution >= 0.6 is 7.26 Å². The maximum atomic E-state index is 2.57. The Balaban J connectivity index is 2.39. The standard InChI is InChI=1S/C8H19NP/c1-10(2,3)8-6-4-5-7-9-8/h8-9H,4-7H2,1-3H3/q+1/p+1. The van der Waals surface area contributed by atoms with Gasteiger partial charge >= 0.3 is 0 Å².